The summed E-state index contributed by atoms with van der Waals surface area (Å²) in [5, 5.41) is 10.4. The number of fused-ring (bicyclic) bond motifs is 1. The smallest absolute Gasteiger partial charge is 0.269 e. The summed E-state index contributed by atoms with van der Waals surface area (Å²) >= 11 is 0. The number of primary amides is 1. The third-order valence-corrected chi connectivity index (χ3v) is 6.22. The quantitative estimate of drug-likeness (QED) is 0.363. The molecule has 1 saturated carbocycles. The Morgan fingerprint density at radius 1 is 1.12 bits per heavy atom. The van der Waals surface area contributed by atoms with Gasteiger partial charge >= 0.3 is 0 Å². The fourth-order valence-corrected chi connectivity index (χ4v) is 4.40. The molecule has 2 atom stereocenters. The van der Waals surface area contributed by atoms with Crippen LogP contribution >= 0.6 is 0 Å². The van der Waals surface area contributed by atoms with Crippen molar-refractivity contribution in [2.45, 2.75) is 37.8 Å². The van der Waals surface area contributed by atoms with Crippen LogP contribution in [0.25, 0.3) is 10.9 Å². The molecule has 1 aliphatic carbocycles. The molecule has 0 unspecified atom stereocenters. The third kappa shape index (κ3) is 4.81. The van der Waals surface area contributed by atoms with E-state index in [1.165, 1.54) is 4.90 Å². The van der Waals surface area contributed by atoms with Gasteiger partial charge in [0.1, 0.15) is 11.5 Å². The topological polar surface area (TPSA) is 128 Å². The van der Waals surface area contributed by atoms with Gasteiger partial charge in [0.05, 0.1) is 5.56 Å². The number of anilines is 3. The van der Waals surface area contributed by atoms with Crippen molar-refractivity contribution in [3.05, 3.63) is 47.4 Å². The van der Waals surface area contributed by atoms with E-state index in [4.69, 9.17) is 5.73 Å². The number of rotatable bonds is 7. The number of nitrogens with two attached hydrogens (primary N) is 1. The Kier molecular flexibility index (Phi) is 6.69. The van der Waals surface area contributed by atoms with Crippen LogP contribution in [0.1, 0.15) is 46.5 Å². The number of pyridine rings is 1. The lowest BCUT2D eigenvalue weighted by atomic mass is 9.90. The maximum atomic E-state index is 14.8. The molecule has 0 bridgehead atoms. The average molecular weight is 468 g/mol. The van der Waals surface area contributed by atoms with E-state index in [1.807, 2.05) is 19.2 Å². The zero-order chi connectivity index (χ0) is 24.4. The lowest BCUT2D eigenvalue weighted by molar-refractivity contribution is 0.0822. The predicted octanol–water partition coefficient (Wildman–Crippen LogP) is 3.19. The first-order chi connectivity index (χ1) is 16.3. The van der Waals surface area contributed by atoms with Gasteiger partial charge in [-0.15, -0.1) is 0 Å². The van der Waals surface area contributed by atoms with Crippen molar-refractivity contribution in [3.63, 3.8) is 0 Å². The van der Waals surface area contributed by atoms with Gasteiger partial charge in [-0.05, 0) is 50.2 Å². The van der Waals surface area contributed by atoms with Crippen molar-refractivity contribution in [1.29, 1.82) is 0 Å². The minimum Gasteiger partial charge on any atom is -0.365 e. The SMILES string of the molecule is CN[C@H]1CCCC[C@H]1Nc1nc(Nc2ccc3[nH]c(C(=O)N(C)C)cc3c2)c(C(N)=O)cc1F. The van der Waals surface area contributed by atoms with Crippen LogP contribution in [0.3, 0.4) is 0 Å². The number of H-pyrrole nitrogens is 1. The second-order valence-corrected chi connectivity index (χ2v) is 8.82. The number of halogens is 1. The van der Waals surface area contributed by atoms with Crippen LogP contribution in [-0.4, -0.2) is 59.9 Å². The molecule has 2 amide bonds. The fourth-order valence-electron chi connectivity index (χ4n) is 4.40. The maximum Gasteiger partial charge on any atom is 0.269 e. The van der Waals surface area contributed by atoms with Gasteiger partial charge in [-0.3, -0.25) is 9.59 Å². The second kappa shape index (κ2) is 9.68. The monoisotopic (exact) mass is 467 g/mol. The third-order valence-electron chi connectivity index (χ3n) is 6.22. The second-order valence-electron chi connectivity index (χ2n) is 8.82. The van der Waals surface area contributed by atoms with E-state index in [-0.39, 0.29) is 35.2 Å². The molecule has 2 heterocycles. The standard InChI is InChI=1S/C24H30FN7O2/c1-27-18-6-4-5-7-19(18)30-23-16(25)12-15(21(26)33)22(31-23)28-14-8-9-17-13(10-14)11-20(29-17)24(34)32(2)3/h8-12,18-19,27,29H,4-7H2,1-3H3,(H2,26,33)(H2,28,30,31)/t18-,19+/m0/s1. The largest absolute Gasteiger partial charge is 0.365 e. The molecule has 1 aliphatic rings. The molecule has 0 saturated heterocycles. The van der Waals surface area contributed by atoms with E-state index < -0.39 is 11.7 Å². The van der Waals surface area contributed by atoms with E-state index >= 15 is 0 Å². The lowest BCUT2D eigenvalue weighted by Crippen LogP contribution is -2.45. The molecular formula is C24H30FN7O2. The van der Waals surface area contributed by atoms with Crippen LogP contribution in [0.15, 0.2) is 30.3 Å². The van der Waals surface area contributed by atoms with Crippen molar-refractivity contribution < 1.29 is 14.0 Å². The van der Waals surface area contributed by atoms with Gasteiger partial charge in [0, 0.05) is 42.8 Å². The fraction of sp³-hybridized carbons (Fsp3) is 0.375. The summed E-state index contributed by atoms with van der Waals surface area (Å²) in [7, 11) is 5.26. The Balaban J connectivity index is 1.64. The first-order valence-corrected chi connectivity index (χ1v) is 11.3. The highest BCUT2D eigenvalue weighted by atomic mass is 19.1. The molecular weight excluding hydrogens is 437 g/mol. The Morgan fingerprint density at radius 2 is 1.85 bits per heavy atom. The molecule has 2 aromatic heterocycles. The average Bonchev–Trinajstić information content (AvgIpc) is 3.24. The van der Waals surface area contributed by atoms with Gasteiger partial charge in [0.25, 0.3) is 11.8 Å². The number of likely N-dealkylation sites (N-methyl/N-ethyl adjacent to an activating group) is 1. The molecule has 0 aliphatic heterocycles. The molecule has 34 heavy (non-hydrogen) atoms. The first-order valence-electron chi connectivity index (χ1n) is 11.3. The van der Waals surface area contributed by atoms with Crippen molar-refractivity contribution in [1.82, 2.24) is 20.2 Å². The number of nitrogens with one attached hydrogen (secondary N) is 4. The minimum atomic E-state index is -0.784. The van der Waals surface area contributed by atoms with E-state index in [2.05, 4.69) is 25.9 Å². The molecule has 1 aromatic carbocycles. The zero-order valence-corrected chi connectivity index (χ0v) is 19.5. The molecule has 6 N–H and O–H groups in total. The molecule has 3 aromatic rings. The summed E-state index contributed by atoms with van der Waals surface area (Å²) in [5.74, 6) is -1.32. The Labute approximate surface area is 197 Å². The molecule has 9 nitrogen and oxygen atoms in total. The minimum absolute atomic E-state index is 0.0249. The van der Waals surface area contributed by atoms with Crippen LogP contribution < -0.4 is 21.7 Å². The summed E-state index contributed by atoms with van der Waals surface area (Å²) in [6, 6.07) is 8.51. The van der Waals surface area contributed by atoms with Crippen LogP contribution in [0.5, 0.6) is 0 Å². The van der Waals surface area contributed by atoms with Crippen LogP contribution in [0, 0.1) is 5.82 Å². The van der Waals surface area contributed by atoms with E-state index in [9.17, 15) is 14.0 Å². The van der Waals surface area contributed by atoms with Gasteiger partial charge in [-0.25, -0.2) is 9.37 Å². The van der Waals surface area contributed by atoms with Gasteiger partial charge in [0.2, 0.25) is 0 Å². The Hall–Kier alpha value is -3.66. The highest BCUT2D eigenvalue weighted by molar-refractivity contribution is 6.00. The highest BCUT2D eigenvalue weighted by Gasteiger charge is 2.26. The zero-order valence-electron chi connectivity index (χ0n) is 19.5. The van der Waals surface area contributed by atoms with E-state index in [1.54, 1.807) is 26.2 Å². The number of hydrogen-bond donors (Lipinski definition) is 5. The number of amides is 2. The van der Waals surface area contributed by atoms with Crippen LogP contribution in [-0.2, 0) is 0 Å². The summed E-state index contributed by atoms with van der Waals surface area (Å²) < 4.78 is 14.8. The highest BCUT2D eigenvalue weighted by Crippen LogP contribution is 2.28. The first kappa shape index (κ1) is 23.5. The van der Waals surface area contributed by atoms with E-state index in [0.29, 0.717) is 11.4 Å². The van der Waals surface area contributed by atoms with Gasteiger partial charge in [-0.2, -0.15) is 0 Å². The number of carbonyl (C=O) groups excluding carboxylic acids is 2. The van der Waals surface area contributed by atoms with Crippen LogP contribution in [0.4, 0.5) is 21.7 Å². The maximum absolute atomic E-state index is 14.8. The summed E-state index contributed by atoms with van der Waals surface area (Å²) in [6.07, 6.45) is 4.06. The molecule has 10 heteroatoms. The number of aromatic nitrogens is 2. The number of hydrogen-bond acceptors (Lipinski definition) is 6. The molecule has 0 radical (unpaired) electrons. The van der Waals surface area contributed by atoms with Gasteiger partial charge < -0.3 is 31.6 Å². The number of nitrogens with zero attached hydrogens (tertiary/aromatic N) is 2. The lowest BCUT2D eigenvalue weighted by Gasteiger charge is -2.32. The Bertz CT molecular complexity index is 1220. The molecule has 1 fully saturated rings. The molecule has 4 rings (SSSR count). The molecule has 180 valence electrons. The van der Waals surface area contributed by atoms with Crippen molar-refractivity contribution >= 4 is 40.0 Å². The van der Waals surface area contributed by atoms with Crippen LogP contribution in [0.2, 0.25) is 0 Å². The number of benzene rings is 1. The summed E-state index contributed by atoms with van der Waals surface area (Å²) in [5.41, 5.74) is 7.33. The normalized spacial score (nSPS) is 18.0. The van der Waals surface area contributed by atoms with Crippen molar-refractivity contribution in [2.24, 2.45) is 5.73 Å². The number of carbonyl (C=O) groups is 2. The van der Waals surface area contributed by atoms with E-state index in [0.717, 1.165) is 42.7 Å². The Morgan fingerprint density at radius 3 is 2.53 bits per heavy atom. The van der Waals surface area contributed by atoms with Gasteiger partial charge in [0.15, 0.2) is 11.6 Å². The summed E-state index contributed by atoms with van der Waals surface area (Å²) in [4.78, 5) is 33.3. The van der Waals surface area contributed by atoms with Gasteiger partial charge in [-0.1, -0.05) is 12.8 Å². The van der Waals surface area contributed by atoms with Crippen molar-refractivity contribution in [2.75, 3.05) is 31.8 Å². The predicted molar refractivity (Wildman–Crippen MR) is 131 cm³/mol. The van der Waals surface area contributed by atoms with Crippen molar-refractivity contribution in [3.8, 4) is 0 Å². The molecule has 0 spiro atoms. The summed E-state index contributed by atoms with van der Waals surface area (Å²) in [6.45, 7) is 0. The number of aromatic amines is 1.